The molecule has 6 heteroatoms. The summed E-state index contributed by atoms with van der Waals surface area (Å²) in [5, 5.41) is 24.2. The van der Waals surface area contributed by atoms with Gasteiger partial charge in [0, 0.05) is 19.3 Å². The van der Waals surface area contributed by atoms with E-state index in [1.54, 1.807) is 14.0 Å². The monoisotopic (exact) mass is 246 g/mol. The highest BCUT2D eigenvalue weighted by Gasteiger charge is 2.32. The van der Waals surface area contributed by atoms with Gasteiger partial charge in [0.2, 0.25) is 0 Å². The Morgan fingerprint density at radius 1 is 1.41 bits per heavy atom. The van der Waals surface area contributed by atoms with Crippen molar-refractivity contribution in [1.29, 1.82) is 0 Å². The van der Waals surface area contributed by atoms with Gasteiger partial charge in [0.05, 0.1) is 12.1 Å². The average Bonchev–Trinajstić information content (AvgIpc) is 2.30. The molecule has 17 heavy (non-hydrogen) atoms. The second-order valence-corrected chi connectivity index (χ2v) is 4.49. The van der Waals surface area contributed by atoms with Crippen LogP contribution in [-0.2, 0) is 4.74 Å². The molecular weight excluding hydrogens is 224 g/mol. The van der Waals surface area contributed by atoms with Gasteiger partial charge in [0.1, 0.15) is 0 Å². The molecule has 0 aromatic rings. The van der Waals surface area contributed by atoms with Crippen molar-refractivity contribution in [2.75, 3.05) is 20.3 Å². The van der Waals surface area contributed by atoms with Crippen molar-refractivity contribution >= 4 is 6.09 Å². The molecule has 1 saturated heterocycles. The summed E-state index contributed by atoms with van der Waals surface area (Å²) < 4.78 is 5.28. The van der Waals surface area contributed by atoms with Crippen LogP contribution in [0.15, 0.2) is 0 Å². The van der Waals surface area contributed by atoms with Crippen LogP contribution in [0.3, 0.4) is 0 Å². The molecule has 1 aliphatic heterocycles. The number of amides is 1. The van der Waals surface area contributed by atoms with Crippen LogP contribution in [0.25, 0.3) is 0 Å². The summed E-state index contributed by atoms with van der Waals surface area (Å²) in [7, 11) is 1.79. The molecule has 0 radical (unpaired) electrons. The number of carbonyl (C=O) groups is 1. The third-order valence-corrected chi connectivity index (χ3v) is 3.34. The zero-order valence-corrected chi connectivity index (χ0v) is 10.3. The average molecular weight is 246 g/mol. The molecule has 0 aromatic heterocycles. The first-order chi connectivity index (χ1) is 8.06. The van der Waals surface area contributed by atoms with E-state index in [0.29, 0.717) is 19.1 Å². The van der Waals surface area contributed by atoms with Crippen molar-refractivity contribution in [3.05, 3.63) is 0 Å². The van der Waals surface area contributed by atoms with Gasteiger partial charge in [-0.05, 0) is 32.7 Å². The van der Waals surface area contributed by atoms with Crippen LogP contribution < -0.4 is 10.6 Å². The first-order valence-corrected chi connectivity index (χ1v) is 5.98. The van der Waals surface area contributed by atoms with Crippen LogP contribution in [0.5, 0.6) is 0 Å². The third kappa shape index (κ3) is 4.14. The minimum atomic E-state index is -1.11. The molecule has 3 atom stereocenters. The Hall–Kier alpha value is -0.850. The van der Waals surface area contributed by atoms with Crippen molar-refractivity contribution in [3.8, 4) is 0 Å². The quantitative estimate of drug-likeness (QED) is 0.549. The lowest BCUT2D eigenvalue weighted by atomic mass is 9.86. The third-order valence-electron chi connectivity index (χ3n) is 3.34. The standard InChI is InChI=1S/C11H22N2O4/c1-7(13-11(15)16)10(14)9(12-2)8-3-5-17-6-4-8/h7-10,12-14H,3-6H2,1-2H3,(H,15,16)/t7-,9+,10+/m0/s1. The SMILES string of the molecule is CN[C@H](C1CCOCC1)[C@H](O)[C@H](C)NC(=O)O. The van der Waals surface area contributed by atoms with Gasteiger partial charge >= 0.3 is 6.09 Å². The number of hydrogen-bond donors (Lipinski definition) is 4. The van der Waals surface area contributed by atoms with E-state index in [2.05, 4.69) is 10.6 Å². The first-order valence-electron chi connectivity index (χ1n) is 5.98. The number of nitrogens with one attached hydrogen (secondary N) is 2. The van der Waals surface area contributed by atoms with E-state index in [0.717, 1.165) is 12.8 Å². The van der Waals surface area contributed by atoms with Gasteiger partial charge < -0.3 is 25.6 Å². The van der Waals surface area contributed by atoms with E-state index in [1.165, 1.54) is 0 Å². The Labute approximate surface area is 101 Å². The molecule has 0 bridgehead atoms. The highest BCUT2D eigenvalue weighted by molar-refractivity contribution is 5.64. The smallest absolute Gasteiger partial charge is 0.404 e. The number of ether oxygens (including phenoxy) is 1. The molecule has 1 fully saturated rings. The Balaban J connectivity index is 2.55. The molecule has 1 heterocycles. The topological polar surface area (TPSA) is 90.8 Å². The maximum absolute atomic E-state index is 10.5. The number of carboxylic acid groups (broad SMARTS) is 1. The lowest BCUT2D eigenvalue weighted by Crippen LogP contribution is -2.54. The summed E-state index contributed by atoms with van der Waals surface area (Å²) in [5.74, 6) is 0.321. The summed E-state index contributed by atoms with van der Waals surface area (Å²) in [6.45, 7) is 3.08. The van der Waals surface area contributed by atoms with Crippen molar-refractivity contribution in [2.45, 2.75) is 38.0 Å². The molecule has 0 saturated carbocycles. The fraction of sp³-hybridized carbons (Fsp3) is 0.909. The van der Waals surface area contributed by atoms with Crippen LogP contribution in [-0.4, -0.2) is 54.8 Å². The van der Waals surface area contributed by atoms with Gasteiger partial charge in [0.25, 0.3) is 0 Å². The largest absolute Gasteiger partial charge is 0.465 e. The van der Waals surface area contributed by atoms with E-state index in [9.17, 15) is 9.90 Å². The number of likely N-dealkylation sites (N-methyl/N-ethyl adjacent to an activating group) is 1. The Morgan fingerprint density at radius 3 is 2.47 bits per heavy atom. The first kappa shape index (κ1) is 14.2. The number of aliphatic hydroxyl groups is 1. The molecule has 6 nitrogen and oxygen atoms in total. The summed E-state index contributed by atoms with van der Waals surface area (Å²) in [6, 6.07) is -0.603. The van der Waals surface area contributed by atoms with Crippen LogP contribution in [0.1, 0.15) is 19.8 Å². The van der Waals surface area contributed by atoms with Crippen LogP contribution in [0, 0.1) is 5.92 Å². The minimum Gasteiger partial charge on any atom is -0.465 e. The van der Waals surface area contributed by atoms with Crippen molar-refractivity contribution in [3.63, 3.8) is 0 Å². The molecule has 100 valence electrons. The summed E-state index contributed by atoms with van der Waals surface area (Å²) in [5.41, 5.74) is 0. The van der Waals surface area contributed by atoms with Gasteiger partial charge in [-0.15, -0.1) is 0 Å². The van der Waals surface area contributed by atoms with Crippen molar-refractivity contribution < 1.29 is 19.7 Å². The number of rotatable bonds is 5. The van der Waals surface area contributed by atoms with Crippen LogP contribution in [0.4, 0.5) is 4.79 Å². The lowest BCUT2D eigenvalue weighted by molar-refractivity contribution is 0.0135. The molecular formula is C11H22N2O4. The van der Waals surface area contributed by atoms with E-state index < -0.39 is 18.2 Å². The maximum atomic E-state index is 10.5. The zero-order valence-electron chi connectivity index (χ0n) is 10.3. The fourth-order valence-corrected chi connectivity index (χ4v) is 2.35. The van der Waals surface area contributed by atoms with Crippen molar-refractivity contribution in [1.82, 2.24) is 10.6 Å². The summed E-state index contributed by atoms with van der Waals surface area (Å²) in [4.78, 5) is 10.5. The van der Waals surface area contributed by atoms with Gasteiger partial charge in [0.15, 0.2) is 0 Å². The Morgan fingerprint density at radius 2 is 2.00 bits per heavy atom. The highest BCUT2D eigenvalue weighted by atomic mass is 16.5. The second kappa shape index (κ2) is 6.78. The molecule has 0 aromatic carbocycles. The van der Waals surface area contributed by atoms with E-state index >= 15 is 0 Å². The Kier molecular flexibility index (Phi) is 5.67. The summed E-state index contributed by atoms with van der Waals surface area (Å²) in [6.07, 6.45) is -0.0670. The van der Waals surface area contributed by atoms with E-state index in [1.807, 2.05) is 0 Å². The van der Waals surface area contributed by atoms with E-state index in [-0.39, 0.29) is 6.04 Å². The molecule has 1 aliphatic rings. The van der Waals surface area contributed by atoms with Gasteiger partial charge in [-0.25, -0.2) is 4.79 Å². The fourth-order valence-electron chi connectivity index (χ4n) is 2.35. The predicted octanol–water partition coefficient (Wildman–Crippen LogP) is 0.0180. The van der Waals surface area contributed by atoms with Gasteiger partial charge in [-0.2, -0.15) is 0 Å². The second-order valence-electron chi connectivity index (χ2n) is 4.49. The Bertz CT molecular complexity index is 244. The number of hydrogen-bond acceptors (Lipinski definition) is 4. The van der Waals surface area contributed by atoms with Gasteiger partial charge in [-0.1, -0.05) is 0 Å². The molecule has 1 amide bonds. The predicted molar refractivity (Wildman–Crippen MR) is 63.0 cm³/mol. The molecule has 1 rings (SSSR count). The molecule has 0 aliphatic carbocycles. The molecule has 0 unspecified atom stereocenters. The highest BCUT2D eigenvalue weighted by Crippen LogP contribution is 2.21. The zero-order chi connectivity index (χ0) is 12.8. The molecule has 4 N–H and O–H groups in total. The number of aliphatic hydroxyl groups excluding tert-OH is 1. The molecule has 0 spiro atoms. The minimum absolute atomic E-state index is 0.110. The summed E-state index contributed by atoms with van der Waals surface area (Å²) >= 11 is 0. The van der Waals surface area contributed by atoms with E-state index in [4.69, 9.17) is 9.84 Å². The maximum Gasteiger partial charge on any atom is 0.404 e. The van der Waals surface area contributed by atoms with Crippen LogP contribution in [0.2, 0.25) is 0 Å². The normalized spacial score (nSPS) is 22.8. The van der Waals surface area contributed by atoms with Crippen molar-refractivity contribution in [2.24, 2.45) is 5.92 Å². The van der Waals surface area contributed by atoms with Gasteiger partial charge in [-0.3, -0.25) is 0 Å². The lowest BCUT2D eigenvalue weighted by Gasteiger charge is -2.35. The van der Waals surface area contributed by atoms with Crippen LogP contribution >= 0.6 is 0 Å².